The lowest BCUT2D eigenvalue weighted by Crippen LogP contribution is -2.35. The number of anilines is 1. The van der Waals surface area contributed by atoms with Gasteiger partial charge in [-0.1, -0.05) is 42.1 Å². The highest BCUT2D eigenvalue weighted by Crippen LogP contribution is 2.32. The maximum absolute atomic E-state index is 13.1. The summed E-state index contributed by atoms with van der Waals surface area (Å²) in [6, 6.07) is 18.2. The van der Waals surface area contributed by atoms with Crippen LogP contribution < -0.4 is 4.90 Å². The molecule has 4 rings (SSSR count). The second kappa shape index (κ2) is 7.45. The van der Waals surface area contributed by atoms with E-state index in [2.05, 4.69) is 12.1 Å². The van der Waals surface area contributed by atoms with Crippen LogP contribution in [0.3, 0.4) is 0 Å². The van der Waals surface area contributed by atoms with Crippen LogP contribution in [0, 0.1) is 11.3 Å². The fourth-order valence-electron chi connectivity index (χ4n) is 3.52. The molecule has 0 fully saturated rings. The van der Waals surface area contributed by atoms with E-state index in [4.69, 9.17) is 10.2 Å². The molecule has 5 nitrogen and oxygen atoms in total. The zero-order valence-corrected chi connectivity index (χ0v) is 15.9. The number of nitrogens with zero attached hydrogens (tertiary/aromatic N) is 4. The van der Waals surface area contributed by atoms with E-state index in [0.717, 1.165) is 34.8 Å². The van der Waals surface area contributed by atoms with Gasteiger partial charge in [0, 0.05) is 18.8 Å². The number of thioether (sulfide) groups is 1. The molecule has 1 amide bonds. The third-order valence-electron chi connectivity index (χ3n) is 4.85. The molecule has 2 heterocycles. The van der Waals surface area contributed by atoms with Gasteiger partial charge in [-0.25, -0.2) is 4.98 Å². The molecule has 0 saturated carbocycles. The monoisotopic (exact) mass is 376 g/mol. The average Bonchev–Trinajstić information content (AvgIpc) is 3.27. The summed E-state index contributed by atoms with van der Waals surface area (Å²) in [6.07, 6.45) is 1.32. The average molecular weight is 376 g/mol. The van der Waals surface area contributed by atoms with E-state index in [1.165, 1.54) is 17.3 Å². The van der Waals surface area contributed by atoms with Gasteiger partial charge in [0.1, 0.15) is 0 Å². The Morgan fingerprint density at radius 3 is 2.89 bits per heavy atom. The molecule has 1 atom stereocenters. The van der Waals surface area contributed by atoms with Crippen molar-refractivity contribution >= 4 is 34.4 Å². The molecule has 0 saturated heterocycles. The van der Waals surface area contributed by atoms with Crippen molar-refractivity contribution in [3.63, 3.8) is 0 Å². The second-order valence-electron chi connectivity index (χ2n) is 6.57. The number of imidazole rings is 1. The van der Waals surface area contributed by atoms with Crippen molar-refractivity contribution in [2.75, 3.05) is 11.4 Å². The lowest BCUT2D eigenvalue weighted by atomic mass is 10.2. The van der Waals surface area contributed by atoms with E-state index < -0.39 is 0 Å². The van der Waals surface area contributed by atoms with Gasteiger partial charge in [0.05, 0.1) is 28.8 Å². The van der Waals surface area contributed by atoms with E-state index >= 15 is 0 Å². The largest absolute Gasteiger partial charge is 0.318 e. The summed E-state index contributed by atoms with van der Waals surface area (Å²) in [5.41, 5.74) is 4.14. The Morgan fingerprint density at radius 1 is 1.26 bits per heavy atom. The minimum Gasteiger partial charge on any atom is -0.318 e. The summed E-state index contributed by atoms with van der Waals surface area (Å²) >= 11 is 1.47. The van der Waals surface area contributed by atoms with Crippen LogP contribution in [0.2, 0.25) is 0 Å². The van der Waals surface area contributed by atoms with Gasteiger partial charge in [0.2, 0.25) is 5.91 Å². The molecule has 0 unspecified atom stereocenters. The third kappa shape index (κ3) is 3.31. The first-order valence-corrected chi connectivity index (χ1v) is 9.95. The number of aromatic nitrogens is 2. The van der Waals surface area contributed by atoms with Gasteiger partial charge in [-0.05, 0) is 37.1 Å². The molecule has 3 aromatic rings. The van der Waals surface area contributed by atoms with Crippen molar-refractivity contribution in [2.24, 2.45) is 0 Å². The molecule has 136 valence electrons. The molecule has 2 aromatic carbocycles. The van der Waals surface area contributed by atoms with Crippen molar-refractivity contribution < 1.29 is 4.79 Å². The summed E-state index contributed by atoms with van der Waals surface area (Å²) in [4.78, 5) is 19.7. The summed E-state index contributed by atoms with van der Waals surface area (Å²) in [5, 5.41) is 9.52. The maximum atomic E-state index is 13.1. The molecule has 1 aliphatic heterocycles. The molecule has 0 bridgehead atoms. The second-order valence-corrected chi connectivity index (χ2v) is 7.88. The maximum Gasteiger partial charge on any atom is 0.240 e. The van der Waals surface area contributed by atoms with Crippen LogP contribution in [-0.4, -0.2) is 27.3 Å². The van der Waals surface area contributed by atoms with Gasteiger partial charge < -0.3 is 9.47 Å². The Labute approximate surface area is 162 Å². The first kappa shape index (κ1) is 17.6. The predicted octanol–water partition coefficient (Wildman–Crippen LogP) is 4.02. The van der Waals surface area contributed by atoms with Gasteiger partial charge in [0.25, 0.3) is 0 Å². The van der Waals surface area contributed by atoms with Crippen LogP contribution in [0.4, 0.5) is 5.69 Å². The summed E-state index contributed by atoms with van der Waals surface area (Å²) in [7, 11) is 0. The molecule has 0 radical (unpaired) electrons. The van der Waals surface area contributed by atoms with Crippen molar-refractivity contribution in [1.29, 1.82) is 5.26 Å². The van der Waals surface area contributed by atoms with E-state index in [9.17, 15) is 4.79 Å². The van der Waals surface area contributed by atoms with Gasteiger partial charge in [-0.15, -0.1) is 0 Å². The SMILES string of the molecule is C[C@H](Sc1nc2ccccc2n1CCC#N)C(=O)N1CCc2ccccc21. The van der Waals surface area contributed by atoms with Crippen LogP contribution in [0.5, 0.6) is 0 Å². The van der Waals surface area contributed by atoms with Crippen LogP contribution in [-0.2, 0) is 17.8 Å². The Balaban J connectivity index is 1.59. The highest BCUT2D eigenvalue weighted by molar-refractivity contribution is 8.00. The molecular weight excluding hydrogens is 356 g/mol. The zero-order valence-electron chi connectivity index (χ0n) is 15.1. The van der Waals surface area contributed by atoms with Crippen LogP contribution in [0.25, 0.3) is 11.0 Å². The normalized spacial score (nSPS) is 14.1. The number of para-hydroxylation sites is 3. The van der Waals surface area contributed by atoms with Crippen LogP contribution >= 0.6 is 11.8 Å². The number of benzene rings is 2. The number of nitriles is 1. The summed E-state index contributed by atoms with van der Waals surface area (Å²) < 4.78 is 2.05. The van der Waals surface area contributed by atoms with Crippen LogP contribution in [0.1, 0.15) is 18.9 Å². The van der Waals surface area contributed by atoms with E-state index in [1.54, 1.807) is 0 Å². The quantitative estimate of drug-likeness (QED) is 0.631. The van der Waals surface area contributed by atoms with Gasteiger partial charge in [-0.3, -0.25) is 4.79 Å². The highest BCUT2D eigenvalue weighted by Gasteiger charge is 2.29. The lowest BCUT2D eigenvalue weighted by Gasteiger charge is -2.21. The van der Waals surface area contributed by atoms with E-state index in [0.29, 0.717) is 13.0 Å². The molecule has 1 aromatic heterocycles. The highest BCUT2D eigenvalue weighted by atomic mass is 32.2. The van der Waals surface area contributed by atoms with Crippen molar-refractivity contribution in [3.8, 4) is 6.07 Å². The first-order valence-electron chi connectivity index (χ1n) is 9.07. The third-order valence-corrected chi connectivity index (χ3v) is 5.93. The summed E-state index contributed by atoms with van der Waals surface area (Å²) in [5.74, 6) is 0.101. The fourth-order valence-corrected chi connectivity index (χ4v) is 4.53. The number of hydrogen-bond donors (Lipinski definition) is 0. The summed E-state index contributed by atoms with van der Waals surface area (Å²) in [6.45, 7) is 3.24. The lowest BCUT2D eigenvalue weighted by molar-refractivity contribution is -0.117. The zero-order chi connectivity index (χ0) is 18.8. The van der Waals surface area contributed by atoms with Crippen molar-refractivity contribution in [3.05, 3.63) is 54.1 Å². The van der Waals surface area contributed by atoms with Gasteiger partial charge in [-0.2, -0.15) is 5.26 Å². The topological polar surface area (TPSA) is 61.9 Å². The Hall–Kier alpha value is -2.78. The van der Waals surface area contributed by atoms with Crippen LogP contribution in [0.15, 0.2) is 53.7 Å². The van der Waals surface area contributed by atoms with E-state index in [-0.39, 0.29) is 11.2 Å². The Morgan fingerprint density at radius 2 is 2.04 bits per heavy atom. The Kier molecular flexibility index (Phi) is 4.87. The predicted molar refractivity (Wildman–Crippen MR) is 108 cm³/mol. The molecule has 27 heavy (non-hydrogen) atoms. The first-order chi connectivity index (χ1) is 13.2. The number of carbonyl (C=O) groups excluding carboxylic acids is 1. The molecular formula is C21H20N4OS. The minimum absolute atomic E-state index is 0.101. The smallest absolute Gasteiger partial charge is 0.240 e. The van der Waals surface area contributed by atoms with Crippen molar-refractivity contribution in [2.45, 2.75) is 36.7 Å². The fraction of sp³-hybridized carbons (Fsp3) is 0.286. The molecule has 0 aliphatic carbocycles. The van der Waals surface area contributed by atoms with Gasteiger partial charge in [0.15, 0.2) is 5.16 Å². The van der Waals surface area contributed by atoms with Crippen molar-refractivity contribution in [1.82, 2.24) is 9.55 Å². The standard InChI is InChI=1S/C21H20N4OS/c1-15(20(26)24-14-11-16-7-2-4-9-18(16)24)27-21-23-17-8-3-5-10-19(17)25(21)13-6-12-22/h2-5,7-10,15H,6,11,13-14H2,1H3/t15-/m0/s1. The number of amides is 1. The number of aryl methyl sites for hydroxylation is 1. The molecule has 0 spiro atoms. The number of rotatable bonds is 5. The number of hydrogen-bond acceptors (Lipinski definition) is 4. The Bertz CT molecular complexity index is 1040. The molecule has 6 heteroatoms. The molecule has 0 N–H and O–H groups in total. The number of carbonyl (C=O) groups is 1. The van der Waals surface area contributed by atoms with E-state index in [1.807, 2.05) is 58.9 Å². The number of fused-ring (bicyclic) bond motifs is 2. The van der Waals surface area contributed by atoms with Gasteiger partial charge >= 0.3 is 0 Å². The molecule has 1 aliphatic rings. The minimum atomic E-state index is -0.256.